The molecule has 0 aliphatic heterocycles. The number of hydrogen-bond acceptors (Lipinski definition) is 5. The number of ether oxygens (including phenoxy) is 1. The fourth-order valence-corrected chi connectivity index (χ4v) is 1.54. The van der Waals surface area contributed by atoms with Gasteiger partial charge in [0.15, 0.2) is 0 Å². The molecule has 0 aromatic heterocycles. The standard InChI is InChI=1S/C10H13NO5Si/c1-17(2,3)16-10(12)15-9-6-4-8(5-7-9)11(13)14/h4-7H,1-3H3. The van der Waals surface area contributed by atoms with E-state index in [1.54, 1.807) is 0 Å². The first kappa shape index (κ1) is 13.2. The minimum absolute atomic E-state index is 0.0593. The number of benzene rings is 1. The van der Waals surface area contributed by atoms with Crippen LogP contribution in [0.5, 0.6) is 5.75 Å². The van der Waals surface area contributed by atoms with Crippen LogP contribution in [-0.2, 0) is 4.43 Å². The predicted molar refractivity (Wildman–Crippen MR) is 63.6 cm³/mol. The van der Waals surface area contributed by atoms with Crippen LogP contribution in [-0.4, -0.2) is 19.4 Å². The number of nitro benzene ring substituents is 1. The van der Waals surface area contributed by atoms with Crippen LogP contribution < -0.4 is 4.74 Å². The topological polar surface area (TPSA) is 78.7 Å². The zero-order valence-corrected chi connectivity index (χ0v) is 10.8. The molecule has 0 N–H and O–H groups in total. The van der Waals surface area contributed by atoms with Crippen LogP contribution >= 0.6 is 0 Å². The molecule has 0 aliphatic rings. The zero-order valence-electron chi connectivity index (χ0n) is 9.80. The number of carbonyl (C=O) groups excluding carboxylic acids is 1. The molecule has 0 atom stereocenters. The van der Waals surface area contributed by atoms with Gasteiger partial charge in [0.2, 0.25) is 0 Å². The number of rotatable bonds is 3. The first-order valence-corrected chi connectivity index (χ1v) is 8.34. The first-order valence-electron chi connectivity index (χ1n) is 4.93. The lowest BCUT2D eigenvalue weighted by Gasteiger charge is -2.16. The Morgan fingerprint density at radius 2 is 1.76 bits per heavy atom. The van der Waals surface area contributed by atoms with Crippen LogP contribution in [0.2, 0.25) is 19.6 Å². The van der Waals surface area contributed by atoms with E-state index in [4.69, 9.17) is 9.16 Å². The van der Waals surface area contributed by atoms with Crippen molar-refractivity contribution in [3.8, 4) is 5.75 Å². The second-order valence-electron chi connectivity index (χ2n) is 4.32. The van der Waals surface area contributed by atoms with E-state index >= 15 is 0 Å². The summed E-state index contributed by atoms with van der Waals surface area (Å²) in [6.45, 7) is 5.55. The molecule has 0 bridgehead atoms. The average Bonchev–Trinajstić information content (AvgIpc) is 2.15. The van der Waals surface area contributed by atoms with Crippen molar-refractivity contribution in [2.75, 3.05) is 0 Å². The summed E-state index contributed by atoms with van der Waals surface area (Å²) in [5.41, 5.74) is -0.0593. The lowest BCUT2D eigenvalue weighted by atomic mass is 10.3. The van der Waals surface area contributed by atoms with Crippen LogP contribution in [0.4, 0.5) is 10.5 Å². The molecular weight excluding hydrogens is 242 g/mol. The van der Waals surface area contributed by atoms with E-state index in [1.807, 2.05) is 19.6 Å². The highest BCUT2D eigenvalue weighted by molar-refractivity contribution is 6.71. The lowest BCUT2D eigenvalue weighted by Crippen LogP contribution is -2.30. The smallest absolute Gasteiger partial charge is 0.489 e. The third-order valence-electron chi connectivity index (χ3n) is 1.64. The first-order chi connectivity index (χ1) is 7.78. The van der Waals surface area contributed by atoms with Gasteiger partial charge in [-0.3, -0.25) is 10.1 Å². The molecule has 0 saturated carbocycles. The van der Waals surface area contributed by atoms with Gasteiger partial charge >= 0.3 is 6.16 Å². The minimum Gasteiger partial charge on any atom is -0.489 e. The van der Waals surface area contributed by atoms with Gasteiger partial charge in [-0.05, 0) is 31.8 Å². The lowest BCUT2D eigenvalue weighted by molar-refractivity contribution is -0.384. The van der Waals surface area contributed by atoms with E-state index in [-0.39, 0.29) is 11.4 Å². The normalized spacial score (nSPS) is 10.8. The highest BCUT2D eigenvalue weighted by atomic mass is 28.4. The zero-order chi connectivity index (χ0) is 13.1. The molecule has 0 amide bonds. The van der Waals surface area contributed by atoms with Crippen molar-refractivity contribution >= 4 is 20.2 Å². The Morgan fingerprint density at radius 3 is 2.18 bits per heavy atom. The van der Waals surface area contributed by atoms with Crippen molar-refractivity contribution < 1.29 is 18.9 Å². The fraction of sp³-hybridized carbons (Fsp3) is 0.300. The molecule has 6 nitrogen and oxygen atoms in total. The molecule has 1 rings (SSSR count). The molecule has 0 heterocycles. The molecule has 0 unspecified atom stereocenters. The third-order valence-corrected chi connectivity index (χ3v) is 2.42. The summed E-state index contributed by atoms with van der Waals surface area (Å²) in [5, 5.41) is 10.4. The van der Waals surface area contributed by atoms with Gasteiger partial charge in [0.05, 0.1) is 4.92 Å². The van der Waals surface area contributed by atoms with Crippen molar-refractivity contribution in [1.29, 1.82) is 0 Å². The van der Waals surface area contributed by atoms with Crippen molar-refractivity contribution in [1.82, 2.24) is 0 Å². The van der Waals surface area contributed by atoms with E-state index in [9.17, 15) is 14.9 Å². The van der Waals surface area contributed by atoms with Crippen molar-refractivity contribution in [3.05, 3.63) is 34.4 Å². The molecule has 1 aromatic carbocycles. The van der Waals surface area contributed by atoms with Crippen molar-refractivity contribution in [2.24, 2.45) is 0 Å². The maximum atomic E-state index is 11.3. The Hall–Kier alpha value is -1.89. The third kappa shape index (κ3) is 4.64. The predicted octanol–water partition coefficient (Wildman–Crippen LogP) is 2.95. The second kappa shape index (κ2) is 4.96. The summed E-state index contributed by atoms with van der Waals surface area (Å²) in [4.78, 5) is 21.2. The van der Waals surface area contributed by atoms with Crippen LogP contribution in [0.1, 0.15) is 0 Å². The van der Waals surface area contributed by atoms with E-state index in [0.717, 1.165) is 0 Å². The molecule has 1 aromatic rings. The molecule has 92 valence electrons. The van der Waals surface area contributed by atoms with Gasteiger partial charge in [0.1, 0.15) is 5.75 Å². The van der Waals surface area contributed by atoms with Crippen LogP contribution in [0.3, 0.4) is 0 Å². The molecule has 0 saturated heterocycles. The summed E-state index contributed by atoms with van der Waals surface area (Å²) in [6.07, 6.45) is -0.780. The number of nitro groups is 1. The van der Waals surface area contributed by atoms with Crippen LogP contribution in [0.25, 0.3) is 0 Å². The molecule has 17 heavy (non-hydrogen) atoms. The Kier molecular flexibility index (Phi) is 3.84. The summed E-state index contributed by atoms with van der Waals surface area (Å²) in [5.74, 6) is 0.221. The minimum atomic E-state index is -1.99. The second-order valence-corrected chi connectivity index (χ2v) is 8.75. The molecule has 0 aliphatic carbocycles. The molecule has 0 spiro atoms. The molecule has 0 fully saturated rings. The average molecular weight is 255 g/mol. The van der Waals surface area contributed by atoms with Crippen molar-refractivity contribution in [2.45, 2.75) is 19.6 Å². The Bertz CT molecular complexity index is 423. The quantitative estimate of drug-likeness (QED) is 0.273. The van der Waals surface area contributed by atoms with Crippen LogP contribution in [0, 0.1) is 10.1 Å². The van der Waals surface area contributed by atoms with E-state index < -0.39 is 19.4 Å². The molecular formula is C10H13NO5Si. The number of non-ortho nitro benzene ring substituents is 1. The Balaban J connectivity index is 2.64. The maximum Gasteiger partial charge on any atom is 0.499 e. The summed E-state index contributed by atoms with van der Waals surface area (Å²) >= 11 is 0. The number of hydrogen-bond donors (Lipinski definition) is 0. The summed E-state index contributed by atoms with van der Waals surface area (Å²) in [7, 11) is -1.99. The highest BCUT2D eigenvalue weighted by Gasteiger charge is 2.21. The van der Waals surface area contributed by atoms with E-state index in [2.05, 4.69) is 0 Å². The Morgan fingerprint density at radius 1 is 1.24 bits per heavy atom. The van der Waals surface area contributed by atoms with E-state index in [1.165, 1.54) is 24.3 Å². The molecule has 0 radical (unpaired) electrons. The van der Waals surface area contributed by atoms with Gasteiger partial charge in [-0.15, -0.1) is 0 Å². The van der Waals surface area contributed by atoms with Gasteiger partial charge in [-0.2, -0.15) is 0 Å². The van der Waals surface area contributed by atoms with Gasteiger partial charge < -0.3 is 9.16 Å². The number of carbonyl (C=O) groups is 1. The fourth-order valence-electron chi connectivity index (χ4n) is 1.00. The monoisotopic (exact) mass is 255 g/mol. The van der Waals surface area contributed by atoms with Gasteiger partial charge in [-0.1, -0.05) is 0 Å². The van der Waals surface area contributed by atoms with Crippen LogP contribution in [0.15, 0.2) is 24.3 Å². The Labute approximate surface area is 99.4 Å². The SMILES string of the molecule is C[Si](C)(C)OC(=O)Oc1ccc([N+](=O)[O-])cc1. The number of nitrogens with zero attached hydrogens (tertiary/aromatic N) is 1. The highest BCUT2D eigenvalue weighted by Crippen LogP contribution is 2.18. The van der Waals surface area contributed by atoms with E-state index in [0.29, 0.717) is 0 Å². The molecule has 7 heteroatoms. The summed E-state index contributed by atoms with van der Waals surface area (Å²) in [6, 6.07) is 5.22. The van der Waals surface area contributed by atoms with Gasteiger partial charge in [0.25, 0.3) is 14.0 Å². The maximum absolute atomic E-state index is 11.3. The van der Waals surface area contributed by atoms with Crippen molar-refractivity contribution in [3.63, 3.8) is 0 Å². The largest absolute Gasteiger partial charge is 0.499 e. The van der Waals surface area contributed by atoms with Gasteiger partial charge in [-0.25, -0.2) is 4.79 Å². The summed E-state index contributed by atoms with van der Waals surface area (Å²) < 4.78 is 9.94. The van der Waals surface area contributed by atoms with Gasteiger partial charge in [0, 0.05) is 12.1 Å².